The van der Waals surface area contributed by atoms with Crippen molar-refractivity contribution < 1.29 is 13.6 Å². The lowest BCUT2D eigenvalue weighted by atomic mass is 10.1. The van der Waals surface area contributed by atoms with E-state index >= 15 is 0 Å². The van der Waals surface area contributed by atoms with Gasteiger partial charge >= 0.3 is 0 Å². The number of hydrogen-bond donors (Lipinski definition) is 1. The maximum absolute atomic E-state index is 12.9. The van der Waals surface area contributed by atoms with Crippen LogP contribution in [0, 0.1) is 11.6 Å². The highest BCUT2D eigenvalue weighted by Crippen LogP contribution is 2.09. The Morgan fingerprint density at radius 2 is 1.88 bits per heavy atom. The second-order valence-electron chi connectivity index (χ2n) is 5.07. The first-order valence-electron chi connectivity index (χ1n) is 5.48. The van der Waals surface area contributed by atoms with Gasteiger partial charge in [0.05, 0.1) is 6.54 Å². The Bertz CT molecular complexity index is 410. The molecule has 0 fully saturated rings. The summed E-state index contributed by atoms with van der Waals surface area (Å²) in [6, 6.07) is 3.52. The predicted molar refractivity (Wildman–Crippen MR) is 62.8 cm³/mol. The zero-order valence-corrected chi connectivity index (χ0v) is 10.3. The molecule has 0 saturated carbocycles. The van der Waals surface area contributed by atoms with Gasteiger partial charge in [0, 0.05) is 12.0 Å². The monoisotopic (exact) mass is 241 g/mol. The Hall–Kier alpha value is -1.29. The van der Waals surface area contributed by atoms with Crippen LogP contribution in [0.2, 0.25) is 0 Å². The minimum atomic E-state index is -0.918. The van der Waals surface area contributed by atoms with E-state index in [0.717, 1.165) is 12.1 Å². The summed E-state index contributed by atoms with van der Waals surface area (Å²) < 4.78 is 25.6. The molecule has 1 rings (SSSR count). The van der Waals surface area contributed by atoms with Gasteiger partial charge in [0.25, 0.3) is 0 Å². The molecule has 0 saturated heterocycles. The summed E-state index contributed by atoms with van der Waals surface area (Å²) in [5, 5.41) is 3.05. The van der Waals surface area contributed by atoms with Crippen LogP contribution in [-0.2, 0) is 11.2 Å². The molecule has 1 aromatic carbocycles. The first-order valence-corrected chi connectivity index (χ1v) is 5.48. The lowest BCUT2D eigenvalue weighted by Gasteiger charge is -2.19. The molecule has 0 atom stereocenters. The summed E-state index contributed by atoms with van der Waals surface area (Å²) in [6.07, 6.45) is 0.111. The van der Waals surface area contributed by atoms with Crippen LogP contribution in [0.25, 0.3) is 0 Å². The molecule has 0 radical (unpaired) electrons. The van der Waals surface area contributed by atoms with Gasteiger partial charge in [-0.05, 0) is 38.5 Å². The van der Waals surface area contributed by atoms with E-state index in [1.807, 2.05) is 20.8 Å². The first-order chi connectivity index (χ1) is 7.78. The number of ketones is 1. The summed E-state index contributed by atoms with van der Waals surface area (Å²) >= 11 is 0. The fourth-order valence-corrected chi connectivity index (χ4v) is 1.30. The smallest absolute Gasteiger partial charge is 0.159 e. The minimum absolute atomic E-state index is 0.0501. The number of halogens is 2. The zero-order valence-electron chi connectivity index (χ0n) is 10.3. The van der Waals surface area contributed by atoms with E-state index < -0.39 is 11.6 Å². The maximum Gasteiger partial charge on any atom is 0.159 e. The molecule has 0 unspecified atom stereocenters. The largest absolute Gasteiger partial charge is 0.305 e. The fraction of sp³-hybridized carbons (Fsp3) is 0.462. The molecule has 4 heteroatoms. The number of rotatable bonds is 4. The van der Waals surface area contributed by atoms with Crippen molar-refractivity contribution in [2.75, 3.05) is 6.54 Å². The van der Waals surface area contributed by atoms with Crippen molar-refractivity contribution in [3.8, 4) is 0 Å². The third-order valence-corrected chi connectivity index (χ3v) is 2.20. The SMILES string of the molecule is CC(C)(C)NCC(=O)Cc1ccc(F)c(F)c1. The van der Waals surface area contributed by atoms with Crippen molar-refractivity contribution in [3.63, 3.8) is 0 Å². The van der Waals surface area contributed by atoms with E-state index in [1.54, 1.807) is 0 Å². The minimum Gasteiger partial charge on any atom is -0.305 e. The van der Waals surface area contributed by atoms with Gasteiger partial charge in [-0.15, -0.1) is 0 Å². The van der Waals surface area contributed by atoms with Crippen molar-refractivity contribution in [1.29, 1.82) is 0 Å². The normalized spacial score (nSPS) is 11.6. The number of benzene rings is 1. The van der Waals surface area contributed by atoms with Crippen molar-refractivity contribution in [2.24, 2.45) is 0 Å². The Morgan fingerprint density at radius 1 is 1.24 bits per heavy atom. The molecular weight excluding hydrogens is 224 g/mol. The third kappa shape index (κ3) is 5.04. The van der Waals surface area contributed by atoms with Gasteiger partial charge in [-0.1, -0.05) is 6.07 Å². The number of nitrogens with one attached hydrogen (secondary N) is 1. The summed E-state index contributed by atoms with van der Waals surface area (Å²) in [6.45, 7) is 6.09. The van der Waals surface area contributed by atoms with Crippen molar-refractivity contribution in [3.05, 3.63) is 35.4 Å². The molecule has 0 aliphatic carbocycles. The highest BCUT2D eigenvalue weighted by atomic mass is 19.2. The van der Waals surface area contributed by atoms with Gasteiger partial charge in [0.1, 0.15) is 0 Å². The van der Waals surface area contributed by atoms with Gasteiger partial charge in [0.2, 0.25) is 0 Å². The molecule has 2 nitrogen and oxygen atoms in total. The van der Waals surface area contributed by atoms with Crippen LogP contribution in [0.3, 0.4) is 0 Å². The highest BCUT2D eigenvalue weighted by Gasteiger charge is 2.12. The van der Waals surface area contributed by atoms with Gasteiger partial charge in [-0.2, -0.15) is 0 Å². The van der Waals surface area contributed by atoms with Crippen LogP contribution in [0.1, 0.15) is 26.3 Å². The van der Waals surface area contributed by atoms with Crippen LogP contribution in [0.5, 0.6) is 0 Å². The summed E-state index contributed by atoms with van der Waals surface area (Å²) in [5.74, 6) is -1.86. The van der Waals surface area contributed by atoms with Crippen LogP contribution in [-0.4, -0.2) is 17.9 Å². The molecule has 0 aliphatic rings. The Balaban J connectivity index is 2.54. The van der Waals surface area contributed by atoms with Crippen molar-refractivity contribution in [1.82, 2.24) is 5.32 Å². The molecule has 94 valence electrons. The maximum atomic E-state index is 12.9. The summed E-state index contributed by atoms with van der Waals surface area (Å²) in [4.78, 5) is 11.6. The zero-order chi connectivity index (χ0) is 13.1. The van der Waals surface area contributed by atoms with Gasteiger partial charge in [-0.25, -0.2) is 8.78 Å². The van der Waals surface area contributed by atoms with E-state index in [0.29, 0.717) is 5.56 Å². The van der Waals surface area contributed by atoms with E-state index in [9.17, 15) is 13.6 Å². The van der Waals surface area contributed by atoms with Crippen LogP contribution < -0.4 is 5.32 Å². The van der Waals surface area contributed by atoms with Crippen molar-refractivity contribution >= 4 is 5.78 Å². The molecule has 0 amide bonds. The molecule has 1 N–H and O–H groups in total. The average molecular weight is 241 g/mol. The van der Waals surface area contributed by atoms with Gasteiger partial charge in [0.15, 0.2) is 17.4 Å². The number of carbonyl (C=O) groups is 1. The number of Topliss-reactive ketones (excluding diaryl/α,β-unsaturated/α-hetero) is 1. The lowest BCUT2D eigenvalue weighted by molar-refractivity contribution is -0.117. The second-order valence-corrected chi connectivity index (χ2v) is 5.07. The number of carbonyl (C=O) groups excluding carboxylic acids is 1. The standard InChI is InChI=1S/C13H17F2NO/c1-13(2,3)16-8-10(17)6-9-4-5-11(14)12(15)7-9/h4-5,7,16H,6,8H2,1-3H3. The predicted octanol–water partition coefficient (Wildman–Crippen LogP) is 2.46. The molecule has 17 heavy (non-hydrogen) atoms. The molecule has 0 bridgehead atoms. The Kier molecular flexibility index (Phi) is 4.34. The first kappa shape index (κ1) is 13.8. The fourth-order valence-electron chi connectivity index (χ4n) is 1.30. The Morgan fingerprint density at radius 3 is 2.41 bits per heavy atom. The van der Waals surface area contributed by atoms with Crippen LogP contribution in [0.4, 0.5) is 8.78 Å². The van der Waals surface area contributed by atoms with E-state index in [-0.39, 0.29) is 24.3 Å². The molecule has 0 aliphatic heterocycles. The quantitative estimate of drug-likeness (QED) is 0.877. The summed E-state index contributed by atoms with van der Waals surface area (Å²) in [5.41, 5.74) is 0.355. The highest BCUT2D eigenvalue weighted by molar-refractivity contribution is 5.82. The van der Waals surface area contributed by atoms with Crippen molar-refractivity contribution in [2.45, 2.75) is 32.7 Å². The van der Waals surface area contributed by atoms with E-state index in [2.05, 4.69) is 5.32 Å². The molecule has 1 aromatic rings. The molecule has 0 aromatic heterocycles. The molecule has 0 heterocycles. The Labute approximate surface area is 100 Å². The number of hydrogen-bond acceptors (Lipinski definition) is 2. The molecule has 0 spiro atoms. The summed E-state index contributed by atoms with van der Waals surface area (Å²) in [7, 11) is 0. The average Bonchev–Trinajstić information content (AvgIpc) is 2.20. The second kappa shape index (κ2) is 5.36. The van der Waals surface area contributed by atoms with E-state index in [1.165, 1.54) is 6.07 Å². The van der Waals surface area contributed by atoms with Crippen LogP contribution in [0.15, 0.2) is 18.2 Å². The third-order valence-electron chi connectivity index (χ3n) is 2.20. The lowest BCUT2D eigenvalue weighted by Crippen LogP contribution is -2.39. The van der Waals surface area contributed by atoms with Gasteiger partial charge < -0.3 is 5.32 Å². The van der Waals surface area contributed by atoms with Crippen LogP contribution >= 0.6 is 0 Å². The van der Waals surface area contributed by atoms with E-state index in [4.69, 9.17) is 0 Å². The topological polar surface area (TPSA) is 29.1 Å². The van der Waals surface area contributed by atoms with Gasteiger partial charge in [-0.3, -0.25) is 4.79 Å². The molecular formula is C13H17F2NO.